The highest BCUT2D eigenvalue weighted by molar-refractivity contribution is 6.17. The number of benzene rings is 5. The average molecular weight is 563 g/mol. The number of nitrogens with zero attached hydrogens (tertiary/aromatic N) is 4. The summed E-state index contributed by atoms with van der Waals surface area (Å²) in [5.41, 5.74) is 10.1. The lowest BCUT2D eigenvalue weighted by atomic mass is 9.98. The molecule has 0 unspecified atom stereocenters. The van der Waals surface area contributed by atoms with Gasteiger partial charge in [-0.1, -0.05) is 91.0 Å². The molecular formula is C40H26N4. The maximum absolute atomic E-state index is 4.81. The molecule has 206 valence electrons. The topological polar surface area (TPSA) is 35.6 Å². The van der Waals surface area contributed by atoms with E-state index >= 15 is 0 Å². The smallest absolute Gasteiger partial charge is 0.137 e. The number of rotatable bonds is 4. The highest BCUT2D eigenvalue weighted by Crippen LogP contribution is 2.42. The van der Waals surface area contributed by atoms with E-state index in [1.807, 2.05) is 30.6 Å². The molecule has 0 bridgehead atoms. The van der Waals surface area contributed by atoms with Crippen LogP contribution in [0.5, 0.6) is 0 Å². The summed E-state index contributed by atoms with van der Waals surface area (Å²) in [6.07, 6.45) is 3.72. The molecule has 9 aromatic rings. The van der Waals surface area contributed by atoms with Crippen LogP contribution < -0.4 is 0 Å². The molecule has 0 saturated carbocycles. The summed E-state index contributed by atoms with van der Waals surface area (Å²) in [7, 11) is 0. The van der Waals surface area contributed by atoms with Gasteiger partial charge in [0.1, 0.15) is 5.82 Å². The van der Waals surface area contributed by atoms with Gasteiger partial charge in [0.05, 0.1) is 27.8 Å². The molecular weight excluding hydrogens is 536 g/mol. The van der Waals surface area contributed by atoms with Gasteiger partial charge in [0.2, 0.25) is 0 Å². The summed E-state index contributed by atoms with van der Waals surface area (Å²) in [6.45, 7) is 0. The Bertz CT molecular complexity index is 2470. The van der Waals surface area contributed by atoms with Gasteiger partial charge < -0.3 is 4.57 Å². The number of fused-ring (bicyclic) bond motifs is 6. The van der Waals surface area contributed by atoms with Crippen molar-refractivity contribution >= 4 is 43.6 Å². The van der Waals surface area contributed by atoms with Crippen LogP contribution in [0.4, 0.5) is 0 Å². The molecule has 4 aromatic heterocycles. The third-order valence-corrected chi connectivity index (χ3v) is 8.61. The number of aromatic nitrogens is 4. The zero-order valence-corrected chi connectivity index (χ0v) is 23.8. The summed E-state index contributed by atoms with van der Waals surface area (Å²) in [4.78, 5) is 9.47. The fraction of sp³-hybridized carbons (Fsp3) is 0. The first-order valence-corrected chi connectivity index (χ1v) is 14.8. The molecule has 4 heteroatoms. The Labute approximate surface area is 254 Å². The van der Waals surface area contributed by atoms with E-state index in [1.54, 1.807) is 0 Å². The monoisotopic (exact) mass is 562 g/mol. The van der Waals surface area contributed by atoms with Gasteiger partial charge in [0.25, 0.3) is 0 Å². The largest absolute Gasteiger partial charge is 0.309 e. The molecule has 0 N–H and O–H groups in total. The maximum atomic E-state index is 4.81. The predicted molar refractivity (Wildman–Crippen MR) is 182 cm³/mol. The second kappa shape index (κ2) is 9.79. The van der Waals surface area contributed by atoms with E-state index in [1.165, 1.54) is 38.2 Å². The minimum absolute atomic E-state index is 0.898. The Morgan fingerprint density at radius 2 is 1.09 bits per heavy atom. The summed E-state index contributed by atoms with van der Waals surface area (Å²) in [6, 6.07) is 51.6. The van der Waals surface area contributed by atoms with Crippen molar-refractivity contribution in [2.24, 2.45) is 0 Å². The van der Waals surface area contributed by atoms with Crippen LogP contribution >= 0.6 is 0 Å². The van der Waals surface area contributed by atoms with Crippen molar-refractivity contribution in [1.29, 1.82) is 0 Å². The lowest BCUT2D eigenvalue weighted by Crippen LogP contribution is -1.99. The molecule has 0 aliphatic carbocycles. The van der Waals surface area contributed by atoms with E-state index in [2.05, 4.69) is 142 Å². The molecule has 0 saturated heterocycles. The molecule has 5 aromatic carbocycles. The Morgan fingerprint density at radius 1 is 0.409 bits per heavy atom. The van der Waals surface area contributed by atoms with Crippen LogP contribution in [0.25, 0.3) is 77.5 Å². The van der Waals surface area contributed by atoms with Gasteiger partial charge in [0, 0.05) is 45.2 Å². The van der Waals surface area contributed by atoms with Gasteiger partial charge in [-0.05, 0) is 65.7 Å². The second-order valence-electron chi connectivity index (χ2n) is 11.1. The predicted octanol–water partition coefficient (Wildman–Crippen LogP) is 10.0. The normalized spacial score (nSPS) is 11.6. The quantitative estimate of drug-likeness (QED) is 0.214. The molecule has 0 atom stereocenters. The zero-order chi connectivity index (χ0) is 29.0. The van der Waals surface area contributed by atoms with E-state index in [0.717, 1.165) is 39.3 Å². The number of para-hydroxylation sites is 2. The SMILES string of the molecule is c1ccc(-c2cc(-n3c4ccccc4c4ccc(-c5ccccn5)cc43)cc3c2c2ccccc2n3-c2ccccn2)cc1. The molecule has 0 amide bonds. The summed E-state index contributed by atoms with van der Waals surface area (Å²) in [5, 5.41) is 4.86. The van der Waals surface area contributed by atoms with Crippen molar-refractivity contribution in [2.45, 2.75) is 0 Å². The third-order valence-electron chi connectivity index (χ3n) is 8.61. The first-order chi connectivity index (χ1) is 21.8. The van der Waals surface area contributed by atoms with E-state index in [4.69, 9.17) is 4.98 Å². The number of hydrogen-bond acceptors (Lipinski definition) is 2. The lowest BCUT2D eigenvalue weighted by molar-refractivity contribution is 1.08. The van der Waals surface area contributed by atoms with Crippen molar-refractivity contribution in [3.8, 4) is 33.9 Å². The van der Waals surface area contributed by atoms with E-state index < -0.39 is 0 Å². The van der Waals surface area contributed by atoms with Gasteiger partial charge in [-0.15, -0.1) is 0 Å². The van der Waals surface area contributed by atoms with Gasteiger partial charge in [0.15, 0.2) is 0 Å². The molecule has 9 rings (SSSR count). The van der Waals surface area contributed by atoms with Crippen molar-refractivity contribution in [3.63, 3.8) is 0 Å². The molecule has 0 spiro atoms. The Kier molecular flexibility index (Phi) is 5.47. The van der Waals surface area contributed by atoms with Crippen LogP contribution in [0, 0.1) is 0 Å². The van der Waals surface area contributed by atoms with Crippen LogP contribution in [-0.2, 0) is 0 Å². The van der Waals surface area contributed by atoms with Crippen molar-refractivity contribution < 1.29 is 0 Å². The van der Waals surface area contributed by atoms with E-state index in [0.29, 0.717) is 0 Å². The minimum atomic E-state index is 0.898. The number of hydrogen-bond donors (Lipinski definition) is 0. The molecule has 44 heavy (non-hydrogen) atoms. The van der Waals surface area contributed by atoms with Gasteiger partial charge >= 0.3 is 0 Å². The van der Waals surface area contributed by atoms with E-state index in [-0.39, 0.29) is 0 Å². The van der Waals surface area contributed by atoms with Crippen molar-refractivity contribution in [2.75, 3.05) is 0 Å². The van der Waals surface area contributed by atoms with Crippen molar-refractivity contribution in [1.82, 2.24) is 19.1 Å². The Hall–Kier alpha value is -6.00. The zero-order valence-electron chi connectivity index (χ0n) is 23.8. The first kappa shape index (κ1) is 24.6. The van der Waals surface area contributed by atoms with E-state index in [9.17, 15) is 0 Å². The standard InChI is InChI=1S/C40H26N4/c1-2-12-27(13-3-1)33-25-29(26-38-40(33)32-15-5-7-18-36(32)44(38)39-19-9-11-23-42-39)43-35-17-6-4-14-30(35)31-21-20-28(24-37(31)43)34-16-8-10-22-41-34/h1-26H. The van der Waals surface area contributed by atoms with Crippen LogP contribution in [0.3, 0.4) is 0 Å². The van der Waals surface area contributed by atoms with Gasteiger partial charge in [-0.3, -0.25) is 9.55 Å². The first-order valence-electron chi connectivity index (χ1n) is 14.8. The summed E-state index contributed by atoms with van der Waals surface area (Å²) >= 11 is 0. The highest BCUT2D eigenvalue weighted by Gasteiger charge is 2.20. The Balaban J connectivity index is 1.45. The molecule has 4 heterocycles. The molecule has 0 radical (unpaired) electrons. The molecule has 0 fully saturated rings. The lowest BCUT2D eigenvalue weighted by Gasteiger charge is -2.14. The Morgan fingerprint density at radius 3 is 1.86 bits per heavy atom. The van der Waals surface area contributed by atoms with Gasteiger partial charge in [-0.25, -0.2) is 4.98 Å². The second-order valence-corrected chi connectivity index (χ2v) is 11.1. The van der Waals surface area contributed by atoms with Gasteiger partial charge in [-0.2, -0.15) is 0 Å². The van der Waals surface area contributed by atoms with Crippen LogP contribution in [0.15, 0.2) is 158 Å². The van der Waals surface area contributed by atoms with Crippen molar-refractivity contribution in [3.05, 3.63) is 158 Å². The maximum Gasteiger partial charge on any atom is 0.137 e. The molecule has 4 nitrogen and oxygen atoms in total. The molecule has 0 aliphatic heterocycles. The van der Waals surface area contributed by atoms with Crippen LogP contribution in [0.2, 0.25) is 0 Å². The summed E-state index contributed by atoms with van der Waals surface area (Å²) in [5.74, 6) is 0.898. The fourth-order valence-corrected chi connectivity index (χ4v) is 6.73. The highest BCUT2D eigenvalue weighted by atomic mass is 15.1. The minimum Gasteiger partial charge on any atom is -0.309 e. The number of pyridine rings is 2. The average Bonchev–Trinajstić information content (AvgIpc) is 3.61. The summed E-state index contributed by atoms with van der Waals surface area (Å²) < 4.78 is 4.71. The third kappa shape index (κ3) is 3.71. The molecule has 0 aliphatic rings. The van der Waals surface area contributed by atoms with Crippen LogP contribution in [-0.4, -0.2) is 19.1 Å². The van der Waals surface area contributed by atoms with Crippen LogP contribution in [0.1, 0.15) is 0 Å². The fourth-order valence-electron chi connectivity index (χ4n) is 6.73.